The Hall–Kier alpha value is -2.97. The molecule has 0 aliphatic heterocycles. The minimum atomic E-state index is -4.49. The maximum Gasteiger partial charge on any atom is 0.416 e. The van der Waals surface area contributed by atoms with Crippen molar-refractivity contribution in [2.75, 3.05) is 0 Å². The van der Waals surface area contributed by atoms with E-state index in [9.17, 15) is 26.4 Å². The van der Waals surface area contributed by atoms with Gasteiger partial charge in [0.15, 0.2) is 0 Å². The minimum absolute atomic E-state index is 0.0604. The average Bonchev–Trinajstić information content (AvgIpc) is 3.57. The fourth-order valence-electron chi connectivity index (χ4n) is 3.63. The zero-order chi connectivity index (χ0) is 23.6. The number of benzene rings is 3. The predicted molar refractivity (Wildman–Crippen MR) is 119 cm³/mol. The van der Waals surface area contributed by atoms with E-state index in [1.807, 2.05) is 30.3 Å². The molecule has 0 spiro atoms. The zero-order valence-corrected chi connectivity index (χ0v) is 18.4. The topological polar surface area (TPSA) is 63.2 Å². The van der Waals surface area contributed by atoms with Crippen LogP contribution in [0.3, 0.4) is 0 Å². The first kappa shape index (κ1) is 23.2. The lowest BCUT2D eigenvalue weighted by Gasteiger charge is -2.13. The third-order valence-corrected chi connectivity index (χ3v) is 6.93. The lowest BCUT2D eigenvalue weighted by molar-refractivity contribution is -0.137. The van der Waals surface area contributed by atoms with Crippen molar-refractivity contribution < 1.29 is 26.4 Å². The second-order valence-corrected chi connectivity index (χ2v) is 9.88. The summed E-state index contributed by atoms with van der Waals surface area (Å²) in [5.41, 5.74) is 1.49. The highest BCUT2D eigenvalue weighted by atomic mass is 32.2. The van der Waals surface area contributed by atoms with Crippen molar-refractivity contribution in [1.82, 2.24) is 4.72 Å². The van der Waals surface area contributed by atoms with Crippen LogP contribution in [0.5, 0.6) is 0 Å². The van der Waals surface area contributed by atoms with Gasteiger partial charge < -0.3 is 0 Å². The second kappa shape index (κ2) is 9.11. The number of hydrogen-bond donors (Lipinski definition) is 1. The van der Waals surface area contributed by atoms with Gasteiger partial charge in [0.25, 0.3) is 0 Å². The van der Waals surface area contributed by atoms with Crippen LogP contribution in [0.2, 0.25) is 0 Å². The molecule has 4 nitrogen and oxygen atoms in total. The number of sulfonamides is 1. The van der Waals surface area contributed by atoms with Gasteiger partial charge in [0.1, 0.15) is 5.78 Å². The summed E-state index contributed by atoms with van der Waals surface area (Å²) in [4.78, 5) is 12.9. The number of rotatable bonds is 8. The maximum atomic E-state index is 13.0. The first-order chi connectivity index (χ1) is 15.6. The summed E-state index contributed by atoms with van der Waals surface area (Å²) in [6.45, 7) is 0. The predicted octanol–water partition coefficient (Wildman–Crippen LogP) is 5.17. The molecule has 0 unspecified atom stereocenters. The number of carbonyl (C=O) groups is 1. The van der Waals surface area contributed by atoms with E-state index in [0.29, 0.717) is 11.1 Å². The van der Waals surface area contributed by atoms with E-state index in [4.69, 9.17) is 0 Å². The van der Waals surface area contributed by atoms with E-state index in [2.05, 4.69) is 4.72 Å². The monoisotopic (exact) mass is 473 g/mol. The highest BCUT2D eigenvalue weighted by Crippen LogP contribution is 2.31. The Labute approximate surface area is 190 Å². The molecule has 1 fully saturated rings. The molecule has 1 saturated carbocycles. The van der Waals surface area contributed by atoms with Crippen LogP contribution in [0.25, 0.3) is 11.1 Å². The van der Waals surface area contributed by atoms with E-state index < -0.39 is 21.8 Å². The van der Waals surface area contributed by atoms with Gasteiger partial charge in [0.2, 0.25) is 10.0 Å². The van der Waals surface area contributed by atoms with Crippen molar-refractivity contribution in [3.05, 3.63) is 89.5 Å². The van der Waals surface area contributed by atoms with Crippen molar-refractivity contribution in [2.45, 2.75) is 42.8 Å². The summed E-state index contributed by atoms with van der Waals surface area (Å²) < 4.78 is 67.0. The molecular weight excluding hydrogens is 451 g/mol. The number of hydrogen-bond acceptors (Lipinski definition) is 3. The zero-order valence-electron chi connectivity index (χ0n) is 17.6. The molecule has 0 heterocycles. The van der Waals surface area contributed by atoms with Gasteiger partial charge in [-0.25, -0.2) is 13.1 Å². The van der Waals surface area contributed by atoms with E-state index in [1.54, 1.807) is 6.07 Å². The van der Waals surface area contributed by atoms with Gasteiger partial charge in [0.05, 0.1) is 10.5 Å². The highest BCUT2D eigenvalue weighted by Gasteiger charge is 2.31. The number of halogens is 3. The van der Waals surface area contributed by atoms with Gasteiger partial charge in [0, 0.05) is 18.9 Å². The molecule has 0 radical (unpaired) electrons. The maximum absolute atomic E-state index is 13.0. The van der Waals surface area contributed by atoms with Crippen LogP contribution in [0.1, 0.15) is 29.5 Å². The van der Waals surface area contributed by atoms with Crippen molar-refractivity contribution in [1.29, 1.82) is 0 Å². The Bertz CT molecular complexity index is 1270. The third kappa shape index (κ3) is 5.89. The van der Waals surface area contributed by atoms with Gasteiger partial charge in [-0.05, 0) is 53.3 Å². The van der Waals surface area contributed by atoms with Gasteiger partial charge in [-0.3, -0.25) is 4.79 Å². The smallest absolute Gasteiger partial charge is 0.299 e. The SMILES string of the molecule is O=C(Cc1cccc(C(F)(F)F)c1)Cc1cc(S(=O)(=O)NC2CC2)ccc1-c1ccccc1. The van der Waals surface area contributed by atoms with E-state index in [-0.39, 0.29) is 35.1 Å². The summed E-state index contributed by atoms with van der Waals surface area (Å²) in [7, 11) is -3.72. The molecule has 0 bridgehead atoms. The average molecular weight is 474 g/mol. The fourth-order valence-corrected chi connectivity index (χ4v) is 4.99. The van der Waals surface area contributed by atoms with Crippen LogP contribution < -0.4 is 4.72 Å². The van der Waals surface area contributed by atoms with Crippen molar-refractivity contribution in [3.8, 4) is 11.1 Å². The van der Waals surface area contributed by atoms with Crippen molar-refractivity contribution >= 4 is 15.8 Å². The number of Topliss-reactive ketones (excluding diaryl/α,β-unsaturated/α-hetero) is 1. The second-order valence-electron chi connectivity index (χ2n) is 8.17. The molecule has 1 aliphatic rings. The summed E-state index contributed by atoms with van der Waals surface area (Å²) in [6, 6.07) is 18.5. The Balaban J connectivity index is 1.63. The molecule has 8 heteroatoms. The number of ketones is 1. The lowest BCUT2D eigenvalue weighted by atomic mass is 9.94. The molecule has 3 aromatic carbocycles. The first-order valence-electron chi connectivity index (χ1n) is 10.5. The largest absolute Gasteiger partial charge is 0.416 e. The van der Waals surface area contributed by atoms with Crippen LogP contribution in [-0.4, -0.2) is 20.2 Å². The molecule has 1 aliphatic carbocycles. The molecule has 1 N–H and O–H groups in total. The van der Waals surface area contributed by atoms with E-state index in [1.165, 1.54) is 24.3 Å². The fraction of sp³-hybridized carbons (Fsp3) is 0.240. The van der Waals surface area contributed by atoms with Crippen LogP contribution in [-0.2, 0) is 33.8 Å². The molecule has 4 rings (SSSR count). The minimum Gasteiger partial charge on any atom is -0.299 e. The highest BCUT2D eigenvalue weighted by molar-refractivity contribution is 7.89. The molecule has 0 atom stereocenters. The van der Waals surface area contributed by atoms with Gasteiger partial charge in [-0.2, -0.15) is 13.2 Å². The molecule has 0 saturated heterocycles. The first-order valence-corrected chi connectivity index (χ1v) is 12.0. The van der Waals surface area contributed by atoms with E-state index >= 15 is 0 Å². The summed E-state index contributed by atoms with van der Waals surface area (Å²) in [5.74, 6) is -0.309. The van der Waals surface area contributed by atoms with Crippen LogP contribution in [0, 0.1) is 0 Å². The normalized spacial score (nSPS) is 14.3. The summed E-state index contributed by atoms with van der Waals surface area (Å²) in [6.07, 6.45) is -3.19. The van der Waals surface area contributed by atoms with Gasteiger partial charge in [-0.15, -0.1) is 0 Å². The van der Waals surface area contributed by atoms with Crippen LogP contribution in [0.15, 0.2) is 77.7 Å². The molecule has 0 amide bonds. The van der Waals surface area contributed by atoms with Gasteiger partial charge >= 0.3 is 6.18 Å². The molecule has 172 valence electrons. The number of nitrogens with one attached hydrogen (secondary N) is 1. The number of alkyl halides is 3. The van der Waals surface area contributed by atoms with Gasteiger partial charge in [-0.1, -0.05) is 54.6 Å². The lowest BCUT2D eigenvalue weighted by Crippen LogP contribution is -2.25. The molecule has 3 aromatic rings. The molecular formula is C25H22F3NO3S. The quantitative estimate of drug-likeness (QED) is 0.491. The Morgan fingerprint density at radius 2 is 1.64 bits per heavy atom. The van der Waals surface area contributed by atoms with Crippen molar-refractivity contribution in [3.63, 3.8) is 0 Å². The summed E-state index contributed by atoms with van der Waals surface area (Å²) >= 11 is 0. The van der Waals surface area contributed by atoms with Crippen LogP contribution in [0.4, 0.5) is 13.2 Å². The number of carbonyl (C=O) groups excluding carboxylic acids is 1. The Morgan fingerprint density at radius 3 is 2.30 bits per heavy atom. The van der Waals surface area contributed by atoms with E-state index in [0.717, 1.165) is 30.5 Å². The standard InChI is InChI=1S/C25H22F3NO3S/c26-25(27,28)20-8-4-5-17(13-20)14-22(30)15-19-16-23(33(31,32)29-21-9-10-21)11-12-24(19)18-6-2-1-3-7-18/h1-8,11-13,16,21,29H,9-10,14-15H2. The Morgan fingerprint density at radius 1 is 0.909 bits per heavy atom. The molecule has 0 aromatic heterocycles. The Kier molecular flexibility index (Phi) is 6.41. The van der Waals surface area contributed by atoms with Crippen LogP contribution >= 0.6 is 0 Å². The summed E-state index contributed by atoms with van der Waals surface area (Å²) in [5, 5.41) is 0. The van der Waals surface area contributed by atoms with Crippen molar-refractivity contribution in [2.24, 2.45) is 0 Å². The molecule has 33 heavy (non-hydrogen) atoms. The third-order valence-electron chi connectivity index (χ3n) is 5.41.